The summed E-state index contributed by atoms with van der Waals surface area (Å²) in [5.74, 6) is 1.40. The Balaban J connectivity index is 1.59. The van der Waals surface area contributed by atoms with E-state index in [1.807, 2.05) is 42.6 Å². The van der Waals surface area contributed by atoms with Crippen molar-refractivity contribution in [2.75, 3.05) is 13.1 Å². The standard InChI is InChI=1S/C22H22N3O4/c23-14-16-2-1-13-25(15-16,22(26)17-3-4-17)19-7-11-21(12-8-19)29-20-9-5-18(6-10-20)24(27)28/h1-2,5-12,15,17H,3-4,13-14,23H2/q+1. The van der Waals surface area contributed by atoms with Crippen molar-refractivity contribution in [3.63, 3.8) is 0 Å². The molecule has 1 heterocycles. The second-order valence-corrected chi connectivity index (χ2v) is 7.32. The van der Waals surface area contributed by atoms with E-state index in [-0.39, 0.29) is 22.0 Å². The number of nitro benzene ring substituents is 1. The Bertz CT molecular complexity index is 992. The van der Waals surface area contributed by atoms with Crippen molar-refractivity contribution in [1.82, 2.24) is 4.48 Å². The molecule has 1 fully saturated rings. The number of carbonyl (C=O) groups is 1. The van der Waals surface area contributed by atoms with Gasteiger partial charge in [-0.25, -0.2) is 4.79 Å². The van der Waals surface area contributed by atoms with Crippen molar-refractivity contribution >= 4 is 17.3 Å². The molecule has 0 spiro atoms. The van der Waals surface area contributed by atoms with Crippen molar-refractivity contribution in [3.8, 4) is 11.5 Å². The maximum absolute atomic E-state index is 13.2. The summed E-state index contributed by atoms with van der Waals surface area (Å²) in [6.07, 6.45) is 7.82. The highest BCUT2D eigenvalue weighted by Gasteiger charge is 2.47. The molecule has 1 aliphatic heterocycles. The van der Waals surface area contributed by atoms with Gasteiger partial charge in [0.15, 0.2) is 0 Å². The van der Waals surface area contributed by atoms with Crippen LogP contribution in [0.2, 0.25) is 0 Å². The second-order valence-electron chi connectivity index (χ2n) is 7.32. The predicted octanol–water partition coefficient (Wildman–Crippen LogP) is 4.04. The van der Waals surface area contributed by atoms with E-state index in [1.54, 1.807) is 12.1 Å². The SMILES string of the molecule is NCC1=C[N+](C(=O)C2CC2)(c2ccc(Oc3ccc([N+](=O)[O-])cc3)cc2)CC=C1. The van der Waals surface area contributed by atoms with Gasteiger partial charge in [-0.2, -0.15) is 4.48 Å². The molecular weight excluding hydrogens is 370 g/mol. The molecule has 1 amide bonds. The lowest BCUT2D eigenvalue weighted by Gasteiger charge is -2.33. The zero-order valence-electron chi connectivity index (χ0n) is 15.9. The molecule has 1 aliphatic carbocycles. The zero-order chi connectivity index (χ0) is 20.4. The molecular formula is C22H22N3O4+. The average Bonchev–Trinajstić information content (AvgIpc) is 3.59. The molecule has 0 radical (unpaired) electrons. The second kappa shape index (κ2) is 7.62. The van der Waals surface area contributed by atoms with Crippen molar-refractivity contribution in [1.29, 1.82) is 0 Å². The summed E-state index contributed by atoms with van der Waals surface area (Å²) >= 11 is 0. The van der Waals surface area contributed by atoms with Gasteiger partial charge in [-0.1, -0.05) is 6.08 Å². The number of nitrogens with zero attached hydrogens (tertiary/aromatic N) is 2. The van der Waals surface area contributed by atoms with E-state index < -0.39 is 4.92 Å². The van der Waals surface area contributed by atoms with Gasteiger partial charge in [-0.05, 0) is 43.2 Å². The monoisotopic (exact) mass is 392 g/mol. The van der Waals surface area contributed by atoms with Gasteiger partial charge >= 0.3 is 5.91 Å². The fourth-order valence-corrected chi connectivity index (χ4v) is 3.54. The third kappa shape index (κ3) is 3.83. The van der Waals surface area contributed by atoms with Crippen molar-refractivity contribution in [2.45, 2.75) is 12.8 Å². The highest BCUT2D eigenvalue weighted by Crippen LogP contribution is 2.39. The highest BCUT2D eigenvalue weighted by atomic mass is 16.6. The number of nitrogens with two attached hydrogens (primary N) is 1. The average molecular weight is 392 g/mol. The molecule has 0 saturated heterocycles. The summed E-state index contributed by atoms with van der Waals surface area (Å²) in [6.45, 7) is 0.956. The van der Waals surface area contributed by atoms with E-state index in [0.717, 1.165) is 24.1 Å². The predicted molar refractivity (Wildman–Crippen MR) is 110 cm³/mol. The number of ether oxygens (including phenoxy) is 1. The normalized spacial score (nSPS) is 20.8. The number of non-ortho nitro benzene ring substituents is 1. The fourth-order valence-electron chi connectivity index (χ4n) is 3.54. The summed E-state index contributed by atoms with van der Waals surface area (Å²) in [6, 6.07) is 13.3. The van der Waals surface area contributed by atoms with Crippen molar-refractivity contribution in [3.05, 3.63) is 82.6 Å². The van der Waals surface area contributed by atoms with Gasteiger partial charge in [-0.15, -0.1) is 0 Å². The van der Waals surface area contributed by atoms with Crippen LogP contribution in [0.15, 0.2) is 72.5 Å². The number of rotatable bonds is 6. The van der Waals surface area contributed by atoms with Crippen LogP contribution in [0.5, 0.6) is 11.5 Å². The van der Waals surface area contributed by atoms with Crippen LogP contribution in [0.1, 0.15) is 12.8 Å². The molecule has 1 unspecified atom stereocenters. The summed E-state index contributed by atoms with van der Waals surface area (Å²) in [5, 5.41) is 10.8. The van der Waals surface area contributed by atoms with E-state index in [4.69, 9.17) is 10.5 Å². The quantitative estimate of drug-likeness (QED) is 0.455. The molecule has 0 bridgehead atoms. The van der Waals surface area contributed by atoms with E-state index in [2.05, 4.69) is 0 Å². The summed E-state index contributed by atoms with van der Waals surface area (Å²) in [7, 11) is 0. The smallest absolute Gasteiger partial charge is 0.326 e. The molecule has 29 heavy (non-hydrogen) atoms. The van der Waals surface area contributed by atoms with Crippen LogP contribution in [-0.2, 0) is 4.79 Å². The number of hydrogen-bond donors (Lipinski definition) is 1. The summed E-state index contributed by atoms with van der Waals surface area (Å²) in [5.41, 5.74) is 7.65. The molecule has 2 N–H and O–H groups in total. The first-order chi connectivity index (χ1) is 14.0. The van der Waals surface area contributed by atoms with Crippen LogP contribution in [0, 0.1) is 16.0 Å². The van der Waals surface area contributed by atoms with Gasteiger partial charge < -0.3 is 10.5 Å². The van der Waals surface area contributed by atoms with Gasteiger partial charge in [-0.3, -0.25) is 10.1 Å². The van der Waals surface area contributed by atoms with Gasteiger partial charge in [0.1, 0.15) is 29.9 Å². The van der Waals surface area contributed by atoms with E-state index >= 15 is 0 Å². The zero-order valence-corrected chi connectivity index (χ0v) is 15.9. The molecule has 7 nitrogen and oxygen atoms in total. The summed E-state index contributed by atoms with van der Waals surface area (Å²) < 4.78 is 5.93. The Morgan fingerprint density at radius 1 is 1.10 bits per heavy atom. The third-order valence-electron chi connectivity index (χ3n) is 5.25. The molecule has 1 atom stereocenters. The Labute approximate surface area is 168 Å². The lowest BCUT2D eigenvalue weighted by Crippen LogP contribution is -2.52. The molecule has 148 valence electrons. The van der Waals surface area contributed by atoms with Gasteiger partial charge in [0.05, 0.1) is 10.8 Å². The lowest BCUT2D eigenvalue weighted by atomic mass is 10.1. The lowest BCUT2D eigenvalue weighted by molar-refractivity contribution is -0.384. The number of hydrogen-bond acceptors (Lipinski definition) is 5. The van der Waals surface area contributed by atoms with Crippen molar-refractivity contribution < 1.29 is 14.5 Å². The molecule has 0 aromatic heterocycles. The Kier molecular flexibility index (Phi) is 5.00. The van der Waals surface area contributed by atoms with E-state index in [1.165, 1.54) is 12.1 Å². The van der Waals surface area contributed by atoms with E-state index in [9.17, 15) is 14.9 Å². The first-order valence-electron chi connectivity index (χ1n) is 9.55. The first kappa shape index (κ1) is 19.0. The largest absolute Gasteiger partial charge is 0.457 e. The number of amides is 1. The molecule has 4 rings (SSSR count). The maximum atomic E-state index is 13.2. The van der Waals surface area contributed by atoms with Gasteiger partial charge in [0, 0.05) is 36.4 Å². The van der Waals surface area contributed by atoms with Crippen LogP contribution < -0.4 is 15.0 Å². The minimum Gasteiger partial charge on any atom is -0.457 e. The van der Waals surface area contributed by atoms with Crippen LogP contribution in [0.4, 0.5) is 11.4 Å². The first-order valence-corrected chi connectivity index (χ1v) is 9.55. The van der Waals surface area contributed by atoms with E-state index in [0.29, 0.717) is 24.6 Å². The molecule has 1 saturated carbocycles. The number of nitro groups is 1. The third-order valence-corrected chi connectivity index (χ3v) is 5.25. The van der Waals surface area contributed by atoms with Gasteiger partial charge in [0.25, 0.3) is 5.69 Å². The van der Waals surface area contributed by atoms with Gasteiger partial charge in [0.2, 0.25) is 0 Å². The highest BCUT2D eigenvalue weighted by molar-refractivity contribution is 5.94. The number of carbonyl (C=O) groups excluding carboxylic acids is 1. The number of quaternary nitrogens is 1. The number of benzene rings is 2. The minimum absolute atomic E-state index is 0.0124. The molecule has 2 aliphatic rings. The fraction of sp³-hybridized carbons (Fsp3) is 0.227. The summed E-state index contributed by atoms with van der Waals surface area (Å²) in [4.78, 5) is 23.5. The van der Waals surface area contributed by atoms with Crippen molar-refractivity contribution in [2.24, 2.45) is 11.7 Å². The molecule has 2 aromatic carbocycles. The Hall–Kier alpha value is -3.29. The van der Waals surface area contributed by atoms with Crippen LogP contribution in [0.3, 0.4) is 0 Å². The topological polar surface area (TPSA) is 95.5 Å². The molecule has 2 aromatic rings. The Morgan fingerprint density at radius 3 is 2.28 bits per heavy atom. The van der Waals surface area contributed by atoms with Crippen LogP contribution in [0.25, 0.3) is 0 Å². The molecule has 7 heteroatoms. The minimum atomic E-state index is -0.450. The van der Waals surface area contributed by atoms with Crippen LogP contribution in [-0.4, -0.2) is 23.9 Å². The Morgan fingerprint density at radius 2 is 1.72 bits per heavy atom. The van der Waals surface area contributed by atoms with Crippen LogP contribution >= 0.6 is 0 Å². The maximum Gasteiger partial charge on any atom is 0.326 e.